The van der Waals surface area contributed by atoms with E-state index in [0.717, 1.165) is 0 Å². The fourth-order valence-electron chi connectivity index (χ4n) is 1.62. The van der Waals surface area contributed by atoms with Gasteiger partial charge in [-0.05, 0) is 18.2 Å². The first-order chi connectivity index (χ1) is 10.9. The number of hydrogen-bond donors (Lipinski definition) is 2. The molecule has 0 saturated carbocycles. The summed E-state index contributed by atoms with van der Waals surface area (Å²) in [4.78, 5) is 15.9. The molecular formula is C14H10Cl2F2N2O3. The van der Waals surface area contributed by atoms with Gasteiger partial charge in [0, 0.05) is 18.0 Å². The lowest BCUT2D eigenvalue weighted by molar-refractivity contribution is 0.0818. The number of pyridine rings is 1. The second-order valence-corrected chi connectivity index (χ2v) is 5.14. The van der Waals surface area contributed by atoms with Gasteiger partial charge in [-0.25, -0.2) is 8.78 Å². The molecule has 122 valence electrons. The molecule has 0 atom stereocenters. The van der Waals surface area contributed by atoms with E-state index in [1.165, 1.54) is 30.5 Å². The summed E-state index contributed by atoms with van der Waals surface area (Å²) in [6.45, 7) is -0.783. The Kier molecular flexibility index (Phi) is 5.57. The van der Waals surface area contributed by atoms with Crippen molar-refractivity contribution in [3.8, 4) is 11.5 Å². The second-order valence-electron chi connectivity index (χ2n) is 4.32. The number of benzene rings is 1. The number of nitrogens with zero attached hydrogens (tertiary/aromatic N) is 1. The lowest BCUT2D eigenvalue weighted by atomic mass is 10.2. The molecule has 2 aromatic rings. The molecule has 0 spiro atoms. The van der Waals surface area contributed by atoms with E-state index < -0.39 is 18.9 Å². The van der Waals surface area contributed by atoms with E-state index in [-0.39, 0.29) is 32.9 Å². The van der Waals surface area contributed by atoms with Gasteiger partial charge in [0.05, 0.1) is 10.0 Å². The van der Waals surface area contributed by atoms with Crippen molar-refractivity contribution in [2.45, 2.75) is 6.43 Å². The minimum absolute atomic E-state index is 0.0326. The van der Waals surface area contributed by atoms with Gasteiger partial charge >= 0.3 is 0 Å². The van der Waals surface area contributed by atoms with E-state index in [1.54, 1.807) is 0 Å². The third-order valence-electron chi connectivity index (χ3n) is 2.61. The number of nitrogens with one attached hydrogen (secondary N) is 1. The van der Waals surface area contributed by atoms with Gasteiger partial charge in [0.15, 0.2) is 5.75 Å². The number of ether oxygens (including phenoxy) is 1. The fraction of sp³-hybridized carbons (Fsp3) is 0.143. The molecular weight excluding hydrogens is 353 g/mol. The van der Waals surface area contributed by atoms with Crippen LogP contribution in [0, 0.1) is 0 Å². The number of alkyl halides is 2. The van der Waals surface area contributed by atoms with E-state index in [0.29, 0.717) is 0 Å². The molecule has 2 rings (SSSR count). The van der Waals surface area contributed by atoms with Crippen molar-refractivity contribution in [3.63, 3.8) is 0 Å². The first kappa shape index (κ1) is 17.2. The third kappa shape index (κ3) is 4.67. The number of rotatable bonds is 5. The van der Waals surface area contributed by atoms with Crippen LogP contribution in [-0.2, 0) is 0 Å². The number of anilines is 1. The summed E-state index contributed by atoms with van der Waals surface area (Å²) in [6.07, 6.45) is -1.37. The van der Waals surface area contributed by atoms with E-state index in [1.807, 2.05) is 0 Å². The Labute approximate surface area is 139 Å². The molecule has 0 unspecified atom stereocenters. The van der Waals surface area contributed by atoms with Crippen LogP contribution >= 0.6 is 23.2 Å². The number of carbonyl (C=O) groups is 1. The van der Waals surface area contributed by atoms with Crippen molar-refractivity contribution in [3.05, 3.63) is 46.2 Å². The Morgan fingerprint density at radius 3 is 2.57 bits per heavy atom. The van der Waals surface area contributed by atoms with Crippen molar-refractivity contribution in [2.24, 2.45) is 0 Å². The number of halogens is 4. The van der Waals surface area contributed by atoms with Crippen LogP contribution in [0.2, 0.25) is 10.0 Å². The molecule has 0 bridgehead atoms. The molecule has 5 nitrogen and oxygen atoms in total. The molecule has 1 amide bonds. The highest BCUT2D eigenvalue weighted by Gasteiger charge is 2.13. The normalized spacial score (nSPS) is 10.7. The quantitative estimate of drug-likeness (QED) is 0.788. The highest BCUT2D eigenvalue weighted by molar-refractivity contribution is 6.37. The van der Waals surface area contributed by atoms with Crippen molar-refractivity contribution < 1.29 is 23.4 Å². The van der Waals surface area contributed by atoms with Crippen LogP contribution in [0.15, 0.2) is 30.5 Å². The molecule has 0 saturated heterocycles. The lowest BCUT2D eigenvalue weighted by Crippen LogP contribution is -2.14. The standard InChI is InChI=1S/C14H10Cl2F2N2O3/c15-9-3-7(4-10(16)13(9)21)20-14(22)11-5-8(1-2-19-11)23-6-12(17)18/h1-5,12,21H,6H2,(H,20,22). The number of amides is 1. The summed E-state index contributed by atoms with van der Waals surface area (Å²) >= 11 is 11.5. The summed E-state index contributed by atoms with van der Waals surface area (Å²) < 4.78 is 29.0. The third-order valence-corrected chi connectivity index (χ3v) is 3.19. The van der Waals surface area contributed by atoms with Gasteiger partial charge in [0.1, 0.15) is 18.1 Å². The maximum absolute atomic E-state index is 12.1. The Balaban J connectivity index is 2.13. The van der Waals surface area contributed by atoms with E-state index >= 15 is 0 Å². The largest absolute Gasteiger partial charge is 0.505 e. The molecule has 23 heavy (non-hydrogen) atoms. The van der Waals surface area contributed by atoms with Crippen LogP contribution in [-0.4, -0.2) is 29.0 Å². The highest BCUT2D eigenvalue weighted by atomic mass is 35.5. The lowest BCUT2D eigenvalue weighted by Gasteiger charge is -2.09. The van der Waals surface area contributed by atoms with Gasteiger partial charge in [0.25, 0.3) is 12.3 Å². The molecule has 1 aromatic heterocycles. The predicted octanol–water partition coefficient (Wildman–Crippen LogP) is 3.99. The number of carbonyl (C=O) groups excluding carboxylic acids is 1. The molecule has 0 aliphatic heterocycles. The zero-order valence-corrected chi connectivity index (χ0v) is 12.9. The molecule has 0 fully saturated rings. The highest BCUT2D eigenvalue weighted by Crippen LogP contribution is 2.34. The minimum Gasteiger partial charge on any atom is -0.505 e. The summed E-state index contributed by atoms with van der Waals surface area (Å²) in [5, 5.41) is 11.9. The van der Waals surface area contributed by atoms with Crippen LogP contribution in [0.5, 0.6) is 11.5 Å². The maximum Gasteiger partial charge on any atom is 0.274 e. The first-order valence-electron chi connectivity index (χ1n) is 6.23. The Morgan fingerprint density at radius 2 is 1.96 bits per heavy atom. The molecule has 1 heterocycles. The predicted molar refractivity (Wildman–Crippen MR) is 81.8 cm³/mol. The van der Waals surface area contributed by atoms with Gasteiger partial charge < -0.3 is 15.2 Å². The average molecular weight is 363 g/mol. The average Bonchev–Trinajstić information content (AvgIpc) is 2.50. The number of aromatic hydroxyl groups is 1. The number of aromatic nitrogens is 1. The Bertz CT molecular complexity index is 706. The van der Waals surface area contributed by atoms with Crippen molar-refractivity contribution >= 4 is 34.8 Å². The summed E-state index contributed by atoms with van der Waals surface area (Å²) in [5.41, 5.74) is 0.195. The summed E-state index contributed by atoms with van der Waals surface area (Å²) in [7, 11) is 0. The van der Waals surface area contributed by atoms with Crippen molar-refractivity contribution in [1.29, 1.82) is 0 Å². The summed E-state index contributed by atoms with van der Waals surface area (Å²) in [5.74, 6) is -0.829. The van der Waals surface area contributed by atoms with E-state index in [2.05, 4.69) is 10.3 Å². The van der Waals surface area contributed by atoms with Crippen LogP contribution in [0.4, 0.5) is 14.5 Å². The maximum atomic E-state index is 12.1. The molecule has 1 aromatic carbocycles. The van der Waals surface area contributed by atoms with Crippen LogP contribution < -0.4 is 10.1 Å². The molecule has 9 heteroatoms. The molecule has 0 radical (unpaired) electrons. The fourth-order valence-corrected chi connectivity index (χ4v) is 2.10. The number of hydrogen-bond acceptors (Lipinski definition) is 4. The zero-order chi connectivity index (χ0) is 17.0. The summed E-state index contributed by atoms with van der Waals surface area (Å²) in [6, 6.07) is 5.18. The van der Waals surface area contributed by atoms with Crippen LogP contribution in [0.25, 0.3) is 0 Å². The number of phenols is 1. The van der Waals surface area contributed by atoms with Crippen LogP contribution in [0.1, 0.15) is 10.5 Å². The van der Waals surface area contributed by atoms with Gasteiger partial charge in [-0.15, -0.1) is 0 Å². The van der Waals surface area contributed by atoms with Gasteiger partial charge in [0.2, 0.25) is 0 Å². The van der Waals surface area contributed by atoms with Crippen LogP contribution in [0.3, 0.4) is 0 Å². The van der Waals surface area contributed by atoms with Crippen molar-refractivity contribution in [1.82, 2.24) is 4.98 Å². The van der Waals surface area contributed by atoms with E-state index in [4.69, 9.17) is 27.9 Å². The monoisotopic (exact) mass is 362 g/mol. The number of phenolic OH excluding ortho intramolecular Hbond substituents is 1. The first-order valence-corrected chi connectivity index (χ1v) is 6.98. The van der Waals surface area contributed by atoms with Crippen molar-refractivity contribution in [2.75, 3.05) is 11.9 Å². The zero-order valence-electron chi connectivity index (χ0n) is 11.4. The van der Waals surface area contributed by atoms with Gasteiger partial charge in [-0.1, -0.05) is 23.2 Å². The van der Waals surface area contributed by atoms with E-state index in [9.17, 15) is 18.7 Å². The smallest absolute Gasteiger partial charge is 0.274 e. The van der Waals surface area contributed by atoms with Gasteiger partial charge in [-0.3, -0.25) is 9.78 Å². The second kappa shape index (κ2) is 7.43. The minimum atomic E-state index is -2.62. The van der Waals surface area contributed by atoms with Gasteiger partial charge in [-0.2, -0.15) is 0 Å². The topological polar surface area (TPSA) is 71.5 Å². The Hall–Kier alpha value is -2.12. The molecule has 0 aliphatic carbocycles. The molecule has 2 N–H and O–H groups in total. The molecule has 0 aliphatic rings. The Morgan fingerprint density at radius 1 is 1.30 bits per heavy atom. The SMILES string of the molecule is O=C(Nc1cc(Cl)c(O)c(Cl)c1)c1cc(OCC(F)F)ccn1.